The molecule has 0 aliphatic rings. The molecule has 0 fully saturated rings. The van der Waals surface area contributed by atoms with Gasteiger partial charge in [-0.25, -0.2) is 4.39 Å². The Balaban J connectivity index is 2.04. The molecule has 17 heavy (non-hydrogen) atoms. The molecule has 0 amide bonds. The number of halogens is 2. The number of benzene rings is 1. The van der Waals surface area contributed by atoms with E-state index in [1.165, 1.54) is 12.1 Å². The van der Waals surface area contributed by atoms with Crippen LogP contribution in [-0.4, -0.2) is 5.16 Å². The third-order valence-corrected chi connectivity index (χ3v) is 2.10. The van der Waals surface area contributed by atoms with E-state index >= 15 is 0 Å². The smallest absolute Gasteiger partial charge is 0.200 e. The minimum Gasteiger partial charge on any atom is -0.482 e. The van der Waals surface area contributed by atoms with E-state index in [0.29, 0.717) is 11.5 Å². The van der Waals surface area contributed by atoms with Gasteiger partial charge in [-0.05, 0) is 12.1 Å². The molecule has 0 unspecified atom stereocenters. The van der Waals surface area contributed by atoms with E-state index in [2.05, 4.69) is 5.16 Å². The molecule has 2 N–H and O–H groups in total. The van der Waals surface area contributed by atoms with E-state index in [1.54, 1.807) is 6.07 Å². The highest BCUT2D eigenvalue weighted by Crippen LogP contribution is 2.20. The van der Waals surface area contributed by atoms with Gasteiger partial charge in [0.1, 0.15) is 6.61 Å². The quantitative estimate of drug-likeness (QED) is 0.887. The third-order valence-electron chi connectivity index (χ3n) is 2.10. The zero-order chi connectivity index (χ0) is 12.3. The van der Waals surface area contributed by atoms with Gasteiger partial charge in [0.05, 0.1) is 5.69 Å². The Hall–Kier alpha value is -1.95. The van der Waals surface area contributed by atoms with E-state index in [-0.39, 0.29) is 18.9 Å². The number of aromatic nitrogens is 1. The molecule has 90 valence electrons. The number of nitrogens with two attached hydrogens (primary N) is 1. The predicted octanol–water partition coefficient (Wildman–Crippen LogP) is 1.99. The topological polar surface area (TPSA) is 61.3 Å². The van der Waals surface area contributed by atoms with E-state index in [9.17, 15) is 8.78 Å². The monoisotopic (exact) mass is 240 g/mol. The largest absolute Gasteiger partial charge is 0.482 e. The molecule has 1 aromatic carbocycles. The summed E-state index contributed by atoms with van der Waals surface area (Å²) in [6.07, 6.45) is 0. The molecule has 0 bridgehead atoms. The van der Waals surface area contributed by atoms with Gasteiger partial charge in [0.2, 0.25) is 5.82 Å². The van der Waals surface area contributed by atoms with Crippen LogP contribution in [0.15, 0.2) is 28.8 Å². The number of ether oxygens (including phenoxy) is 1. The molecule has 2 rings (SSSR count). The first kappa shape index (κ1) is 11.5. The van der Waals surface area contributed by atoms with Crippen LogP contribution in [0.25, 0.3) is 0 Å². The van der Waals surface area contributed by atoms with Crippen molar-refractivity contribution in [2.45, 2.75) is 13.2 Å². The van der Waals surface area contributed by atoms with Crippen LogP contribution >= 0.6 is 0 Å². The second kappa shape index (κ2) is 4.92. The van der Waals surface area contributed by atoms with Crippen LogP contribution in [0.3, 0.4) is 0 Å². The van der Waals surface area contributed by atoms with E-state index in [0.717, 1.165) is 6.07 Å². The Morgan fingerprint density at radius 1 is 1.35 bits per heavy atom. The fraction of sp³-hybridized carbons (Fsp3) is 0.182. The van der Waals surface area contributed by atoms with Crippen molar-refractivity contribution in [3.63, 3.8) is 0 Å². The van der Waals surface area contributed by atoms with Gasteiger partial charge in [0.15, 0.2) is 17.3 Å². The second-order valence-electron chi connectivity index (χ2n) is 3.33. The first-order chi connectivity index (χ1) is 8.20. The second-order valence-corrected chi connectivity index (χ2v) is 3.33. The lowest BCUT2D eigenvalue weighted by Crippen LogP contribution is -1.98. The van der Waals surface area contributed by atoms with Gasteiger partial charge >= 0.3 is 0 Å². The van der Waals surface area contributed by atoms with Crippen molar-refractivity contribution in [1.82, 2.24) is 5.16 Å². The summed E-state index contributed by atoms with van der Waals surface area (Å²) in [7, 11) is 0. The zero-order valence-corrected chi connectivity index (χ0v) is 8.82. The number of rotatable bonds is 4. The van der Waals surface area contributed by atoms with Crippen LogP contribution in [0.4, 0.5) is 8.78 Å². The number of nitrogens with zero attached hydrogens (tertiary/aromatic N) is 1. The lowest BCUT2D eigenvalue weighted by Gasteiger charge is -2.04. The van der Waals surface area contributed by atoms with Gasteiger partial charge in [0, 0.05) is 12.6 Å². The maximum atomic E-state index is 13.2. The first-order valence-electron chi connectivity index (χ1n) is 4.92. The van der Waals surface area contributed by atoms with Crippen molar-refractivity contribution >= 4 is 0 Å². The minimum absolute atomic E-state index is 0.0344. The lowest BCUT2D eigenvalue weighted by molar-refractivity contribution is 0.237. The Kier molecular flexibility index (Phi) is 3.34. The van der Waals surface area contributed by atoms with Crippen molar-refractivity contribution in [2.24, 2.45) is 5.73 Å². The van der Waals surface area contributed by atoms with Gasteiger partial charge in [-0.15, -0.1) is 0 Å². The normalized spacial score (nSPS) is 10.5. The molecule has 0 aliphatic carbocycles. The summed E-state index contributed by atoms with van der Waals surface area (Å²) >= 11 is 0. The zero-order valence-electron chi connectivity index (χ0n) is 8.82. The Bertz CT molecular complexity index is 514. The molecular weight excluding hydrogens is 230 g/mol. The van der Waals surface area contributed by atoms with Crippen molar-refractivity contribution in [1.29, 1.82) is 0 Å². The highest BCUT2D eigenvalue weighted by Gasteiger charge is 2.10. The summed E-state index contributed by atoms with van der Waals surface area (Å²) in [5.74, 6) is -1.75. The highest BCUT2D eigenvalue weighted by molar-refractivity contribution is 5.25. The average Bonchev–Trinajstić information content (AvgIpc) is 2.79. The molecule has 1 heterocycles. The van der Waals surface area contributed by atoms with Crippen LogP contribution in [0.1, 0.15) is 11.5 Å². The molecule has 0 aliphatic heterocycles. The highest BCUT2D eigenvalue weighted by atomic mass is 19.2. The molecule has 4 nitrogen and oxygen atoms in total. The Morgan fingerprint density at radius 2 is 2.18 bits per heavy atom. The van der Waals surface area contributed by atoms with E-state index in [4.69, 9.17) is 15.0 Å². The van der Waals surface area contributed by atoms with Gasteiger partial charge in [-0.3, -0.25) is 0 Å². The SMILES string of the molecule is NCc1cc(COc2cccc(F)c2F)on1. The summed E-state index contributed by atoms with van der Waals surface area (Å²) in [5.41, 5.74) is 5.91. The fourth-order valence-electron chi connectivity index (χ4n) is 1.26. The summed E-state index contributed by atoms with van der Waals surface area (Å²) in [5, 5.41) is 3.64. The summed E-state index contributed by atoms with van der Waals surface area (Å²) in [6, 6.07) is 5.30. The maximum Gasteiger partial charge on any atom is 0.200 e. The molecule has 2 aromatic rings. The van der Waals surface area contributed by atoms with Crippen LogP contribution in [-0.2, 0) is 13.2 Å². The summed E-state index contributed by atoms with van der Waals surface area (Å²) in [6.45, 7) is 0.213. The average molecular weight is 240 g/mol. The van der Waals surface area contributed by atoms with Crippen LogP contribution in [0.2, 0.25) is 0 Å². The van der Waals surface area contributed by atoms with E-state index in [1.807, 2.05) is 0 Å². The van der Waals surface area contributed by atoms with Crippen molar-refractivity contribution in [2.75, 3.05) is 0 Å². The van der Waals surface area contributed by atoms with Gasteiger partial charge in [-0.1, -0.05) is 11.2 Å². The summed E-state index contributed by atoms with van der Waals surface area (Å²) < 4.78 is 36.0. The lowest BCUT2D eigenvalue weighted by atomic mass is 10.3. The van der Waals surface area contributed by atoms with Gasteiger partial charge < -0.3 is 15.0 Å². The number of hydrogen-bond donors (Lipinski definition) is 1. The molecular formula is C11H10F2N2O2. The minimum atomic E-state index is -1.02. The fourth-order valence-corrected chi connectivity index (χ4v) is 1.26. The van der Waals surface area contributed by atoms with Crippen molar-refractivity contribution in [3.05, 3.63) is 47.4 Å². The number of hydrogen-bond acceptors (Lipinski definition) is 4. The van der Waals surface area contributed by atoms with Crippen molar-refractivity contribution < 1.29 is 18.0 Å². The van der Waals surface area contributed by atoms with Crippen LogP contribution in [0, 0.1) is 11.6 Å². The molecule has 0 saturated carbocycles. The standard InChI is InChI=1S/C11H10F2N2O2/c12-9-2-1-3-10(11(9)13)16-6-8-4-7(5-14)15-17-8/h1-4H,5-6,14H2. The molecule has 0 radical (unpaired) electrons. The first-order valence-corrected chi connectivity index (χ1v) is 4.92. The van der Waals surface area contributed by atoms with Gasteiger partial charge in [-0.2, -0.15) is 4.39 Å². The van der Waals surface area contributed by atoms with Crippen LogP contribution in [0.5, 0.6) is 5.75 Å². The molecule has 0 atom stereocenters. The Morgan fingerprint density at radius 3 is 2.88 bits per heavy atom. The molecule has 0 spiro atoms. The van der Waals surface area contributed by atoms with Crippen molar-refractivity contribution in [3.8, 4) is 5.75 Å². The third kappa shape index (κ3) is 2.59. The summed E-state index contributed by atoms with van der Waals surface area (Å²) in [4.78, 5) is 0. The predicted molar refractivity (Wildman–Crippen MR) is 55.1 cm³/mol. The van der Waals surface area contributed by atoms with Gasteiger partial charge in [0.25, 0.3) is 0 Å². The molecule has 1 aromatic heterocycles. The molecule has 0 saturated heterocycles. The maximum absolute atomic E-state index is 13.2. The van der Waals surface area contributed by atoms with Crippen LogP contribution < -0.4 is 10.5 Å². The molecule has 6 heteroatoms. The van der Waals surface area contributed by atoms with E-state index < -0.39 is 11.6 Å². The Labute approximate surface area is 96.0 Å².